The second kappa shape index (κ2) is 3.75. The molecule has 1 aliphatic carbocycles. The fraction of sp³-hybridized carbons (Fsp3) is 0.462. The van der Waals surface area contributed by atoms with Gasteiger partial charge in [-0.05, 0) is 36.0 Å². The van der Waals surface area contributed by atoms with Crippen molar-refractivity contribution in [3.05, 3.63) is 33.8 Å². The van der Waals surface area contributed by atoms with Gasteiger partial charge in [-0.3, -0.25) is 0 Å². The van der Waals surface area contributed by atoms with Crippen LogP contribution in [0.5, 0.6) is 0 Å². The lowest BCUT2D eigenvalue weighted by Crippen LogP contribution is -2.22. The maximum atomic E-state index is 11.1. The molecule has 1 unspecified atom stereocenters. The topological polar surface area (TPSA) is 17.1 Å². The van der Waals surface area contributed by atoms with Crippen LogP contribution in [0.15, 0.2) is 22.7 Å². The number of rotatable bonds is 2. The Labute approximate surface area is 99.0 Å². The minimum atomic E-state index is -0.255. The van der Waals surface area contributed by atoms with Crippen molar-refractivity contribution in [2.75, 3.05) is 0 Å². The zero-order chi connectivity index (χ0) is 11.1. The average molecular weight is 267 g/mol. The summed E-state index contributed by atoms with van der Waals surface area (Å²) in [7, 11) is 0. The smallest absolute Gasteiger partial charge is 0.126 e. The van der Waals surface area contributed by atoms with Crippen molar-refractivity contribution in [1.82, 2.24) is 0 Å². The largest absolute Gasteiger partial charge is 0.303 e. The fourth-order valence-electron chi connectivity index (χ4n) is 2.46. The van der Waals surface area contributed by atoms with Gasteiger partial charge in [-0.1, -0.05) is 41.9 Å². The van der Waals surface area contributed by atoms with Crippen molar-refractivity contribution in [1.29, 1.82) is 0 Å². The Hall–Kier alpha value is -0.630. The molecule has 2 rings (SSSR count). The van der Waals surface area contributed by atoms with E-state index in [0.29, 0.717) is 5.92 Å². The van der Waals surface area contributed by atoms with Crippen molar-refractivity contribution in [2.45, 2.75) is 32.6 Å². The number of fused-ring (bicyclic) bond motifs is 1. The summed E-state index contributed by atoms with van der Waals surface area (Å²) in [6, 6.07) is 6.30. The van der Waals surface area contributed by atoms with Gasteiger partial charge < -0.3 is 4.79 Å². The second-order valence-corrected chi connectivity index (χ2v) is 5.70. The first-order valence-corrected chi connectivity index (χ1v) is 6.09. The molecule has 2 heteroatoms. The van der Waals surface area contributed by atoms with E-state index in [4.69, 9.17) is 0 Å². The monoisotopic (exact) mass is 266 g/mol. The molecule has 0 heterocycles. The number of hydrogen-bond donors (Lipinski definition) is 0. The van der Waals surface area contributed by atoms with Gasteiger partial charge in [0.2, 0.25) is 0 Å². The average Bonchev–Trinajstić information content (AvgIpc) is 2.63. The van der Waals surface area contributed by atoms with Crippen LogP contribution in [-0.2, 0) is 11.2 Å². The fourth-order valence-corrected chi connectivity index (χ4v) is 3.14. The molecular formula is C13H15BrO. The van der Waals surface area contributed by atoms with E-state index in [1.54, 1.807) is 0 Å². The highest BCUT2D eigenvalue weighted by molar-refractivity contribution is 9.10. The first-order chi connectivity index (χ1) is 7.06. The molecule has 1 aromatic carbocycles. The number of aldehydes is 1. The van der Waals surface area contributed by atoms with Gasteiger partial charge in [0.25, 0.3) is 0 Å². The Morgan fingerprint density at radius 1 is 1.47 bits per heavy atom. The third-order valence-corrected chi connectivity index (χ3v) is 4.09. The molecule has 0 spiro atoms. The van der Waals surface area contributed by atoms with E-state index in [1.165, 1.54) is 11.1 Å². The highest BCUT2D eigenvalue weighted by atomic mass is 79.9. The van der Waals surface area contributed by atoms with Crippen molar-refractivity contribution in [2.24, 2.45) is 5.41 Å². The van der Waals surface area contributed by atoms with Gasteiger partial charge >= 0.3 is 0 Å². The van der Waals surface area contributed by atoms with Gasteiger partial charge in [0, 0.05) is 9.89 Å². The number of halogens is 1. The van der Waals surface area contributed by atoms with Gasteiger partial charge in [0.1, 0.15) is 6.29 Å². The maximum absolute atomic E-state index is 11.1. The van der Waals surface area contributed by atoms with Crippen LogP contribution in [0.2, 0.25) is 0 Å². The second-order valence-electron chi connectivity index (χ2n) is 4.84. The summed E-state index contributed by atoms with van der Waals surface area (Å²) in [6.07, 6.45) is 3.27. The van der Waals surface area contributed by atoms with Gasteiger partial charge in [-0.25, -0.2) is 0 Å². The predicted octanol–water partition coefficient (Wildman–Crippen LogP) is 3.70. The lowest BCUT2D eigenvalue weighted by molar-refractivity contribution is -0.115. The lowest BCUT2D eigenvalue weighted by atomic mass is 9.77. The van der Waals surface area contributed by atoms with Crippen molar-refractivity contribution < 1.29 is 4.79 Å². The number of benzene rings is 1. The Bertz CT molecular complexity index is 396. The number of aryl methyl sites for hydroxylation is 1. The zero-order valence-electron chi connectivity index (χ0n) is 9.09. The number of carbonyl (C=O) groups excluding carboxylic acids is 1. The van der Waals surface area contributed by atoms with E-state index < -0.39 is 0 Å². The first-order valence-electron chi connectivity index (χ1n) is 5.30. The Kier molecular flexibility index (Phi) is 2.72. The van der Waals surface area contributed by atoms with Gasteiger partial charge in [-0.2, -0.15) is 0 Å². The summed E-state index contributed by atoms with van der Waals surface area (Å²) in [5.74, 6) is 0.362. The molecule has 15 heavy (non-hydrogen) atoms. The summed E-state index contributed by atoms with van der Waals surface area (Å²) < 4.78 is 1.15. The third kappa shape index (κ3) is 1.76. The molecule has 0 radical (unpaired) electrons. The van der Waals surface area contributed by atoms with E-state index in [0.717, 1.165) is 23.6 Å². The predicted molar refractivity (Wildman–Crippen MR) is 65.0 cm³/mol. The van der Waals surface area contributed by atoms with E-state index in [1.807, 2.05) is 13.8 Å². The summed E-state index contributed by atoms with van der Waals surface area (Å²) in [5.41, 5.74) is 2.48. The molecule has 0 N–H and O–H groups in total. The molecule has 0 saturated heterocycles. The molecule has 0 saturated carbocycles. The highest BCUT2D eigenvalue weighted by Crippen LogP contribution is 2.46. The molecule has 80 valence electrons. The van der Waals surface area contributed by atoms with Crippen LogP contribution < -0.4 is 0 Å². The van der Waals surface area contributed by atoms with Crippen LogP contribution in [0.3, 0.4) is 0 Å². The van der Waals surface area contributed by atoms with Crippen LogP contribution in [0.1, 0.15) is 37.3 Å². The lowest BCUT2D eigenvalue weighted by Gasteiger charge is -2.26. The summed E-state index contributed by atoms with van der Waals surface area (Å²) in [6.45, 7) is 4.05. The Balaban J connectivity index is 2.48. The number of hydrogen-bond acceptors (Lipinski definition) is 1. The van der Waals surface area contributed by atoms with E-state index in [-0.39, 0.29) is 5.41 Å². The van der Waals surface area contributed by atoms with Crippen LogP contribution in [0, 0.1) is 5.41 Å². The molecule has 1 nitrogen and oxygen atoms in total. The molecule has 0 aliphatic heterocycles. The van der Waals surface area contributed by atoms with Crippen LogP contribution in [0.25, 0.3) is 0 Å². The van der Waals surface area contributed by atoms with Gasteiger partial charge in [0.15, 0.2) is 0 Å². The molecule has 0 fully saturated rings. The van der Waals surface area contributed by atoms with Gasteiger partial charge in [-0.15, -0.1) is 0 Å². The Morgan fingerprint density at radius 3 is 2.87 bits per heavy atom. The highest BCUT2D eigenvalue weighted by Gasteiger charge is 2.36. The molecular weight excluding hydrogens is 252 g/mol. The van der Waals surface area contributed by atoms with Crippen molar-refractivity contribution in [3.63, 3.8) is 0 Å². The minimum absolute atomic E-state index is 0.255. The van der Waals surface area contributed by atoms with E-state index in [9.17, 15) is 4.79 Å². The minimum Gasteiger partial charge on any atom is -0.303 e. The number of carbonyl (C=O) groups is 1. The first kappa shape index (κ1) is 10.9. The van der Waals surface area contributed by atoms with Crippen LogP contribution >= 0.6 is 15.9 Å². The SMILES string of the molecule is CC(C)(C=O)C1CCc2cccc(Br)c21. The standard InChI is InChI=1S/C13H15BrO/c1-13(2,8-15)10-7-6-9-4-3-5-11(14)12(9)10/h3-5,8,10H,6-7H2,1-2H3. The molecule has 1 aromatic rings. The quantitative estimate of drug-likeness (QED) is 0.746. The van der Waals surface area contributed by atoms with Gasteiger partial charge in [0.05, 0.1) is 0 Å². The Morgan fingerprint density at radius 2 is 2.20 bits per heavy atom. The molecule has 1 atom stereocenters. The van der Waals surface area contributed by atoms with E-state index >= 15 is 0 Å². The molecule has 1 aliphatic rings. The molecule has 0 amide bonds. The van der Waals surface area contributed by atoms with Crippen LogP contribution in [-0.4, -0.2) is 6.29 Å². The summed E-state index contributed by atoms with van der Waals surface area (Å²) in [5, 5.41) is 0. The zero-order valence-corrected chi connectivity index (χ0v) is 10.7. The van der Waals surface area contributed by atoms with E-state index in [2.05, 4.69) is 34.1 Å². The normalized spacial score (nSPS) is 20.1. The maximum Gasteiger partial charge on any atom is 0.126 e. The third-order valence-electron chi connectivity index (χ3n) is 3.40. The summed E-state index contributed by atoms with van der Waals surface area (Å²) >= 11 is 3.59. The molecule has 0 aromatic heterocycles. The molecule has 0 bridgehead atoms. The summed E-state index contributed by atoms with van der Waals surface area (Å²) in [4.78, 5) is 11.1. The van der Waals surface area contributed by atoms with Crippen LogP contribution in [0.4, 0.5) is 0 Å². The van der Waals surface area contributed by atoms with Crippen molar-refractivity contribution in [3.8, 4) is 0 Å². The van der Waals surface area contributed by atoms with Crippen molar-refractivity contribution >= 4 is 22.2 Å².